The third kappa shape index (κ3) is 4.13. The number of rotatable bonds is 5. The van der Waals surface area contributed by atoms with E-state index in [1.54, 1.807) is 24.3 Å². The normalized spacial score (nSPS) is 14.3. The highest BCUT2D eigenvalue weighted by Gasteiger charge is 2.31. The Morgan fingerprint density at radius 1 is 0.931 bits per heavy atom. The maximum Gasteiger partial charge on any atom is 0.254 e. The van der Waals surface area contributed by atoms with Gasteiger partial charge in [0.05, 0.1) is 6.61 Å². The van der Waals surface area contributed by atoms with Gasteiger partial charge in [-0.05, 0) is 24.6 Å². The van der Waals surface area contributed by atoms with Crippen LogP contribution < -0.4 is 9.64 Å². The Morgan fingerprint density at radius 2 is 1.52 bits per heavy atom. The molecule has 29 heavy (non-hydrogen) atoms. The molecule has 2 aromatic rings. The molecule has 156 valence electrons. The Hall–Kier alpha value is -2.84. The summed E-state index contributed by atoms with van der Waals surface area (Å²) in [6.45, 7) is 2.46. The van der Waals surface area contributed by atoms with E-state index in [-0.39, 0.29) is 32.1 Å². The van der Waals surface area contributed by atoms with E-state index in [4.69, 9.17) is 4.74 Å². The highest BCUT2D eigenvalue weighted by atomic mass is 19.2. The van der Waals surface area contributed by atoms with Crippen molar-refractivity contribution in [1.29, 1.82) is 0 Å². The van der Waals surface area contributed by atoms with Crippen LogP contribution >= 0.6 is 0 Å². The van der Waals surface area contributed by atoms with E-state index in [1.807, 2.05) is 6.92 Å². The molecule has 0 saturated carbocycles. The van der Waals surface area contributed by atoms with E-state index < -0.39 is 34.8 Å². The van der Waals surface area contributed by atoms with Crippen molar-refractivity contribution in [3.8, 4) is 5.75 Å². The summed E-state index contributed by atoms with van der Waals surface area (Å²) in [5, 5.41) is 0. The van der Waals surface area contributed by atoms with Crippen LogP contribution in [0.5, 0.6) is 5.75 Å². The number of benzene rings is 2. The van der Waals surface area contributed by atoms with Crippen molar-refractivity contribution >= 4 is 11.6 Å². The minimum atomic E-state index is -2.19. The summed E-state index contributed by atoms with van der Waals surface area (Å²) in [5.74, 6) is -9.66. The quantitative estimate of drug-likeness (QED) is 0.419. The van der Waals surface area contributed by atoms with E-state index in [1.165, 1.54) is 4.90 Å². The first-order chi connectivity index (χ1) is 13.8. The van der Waals surface area contributed by atoms with Gasteiger partial charge < -0.3 is 14.5 Å². The van der Waals surface area contributed by atoms with Crippen LogP contribution in [0.4, 0.5) is 27.6 Å². The maximum atomic E-state index is 14.0. The third-order valence-electron chi connectivity index (χ3n) is 4.62. The minimum absolute atomic E-state index is 0.0678. The van der Waals surface area contributed by atoms with Crippen LogP contribution in [0.25, 0.3) is 0 Å². The Kier molecular flexibility index (Phi) is 6.24. The number of amides is 1. The lowest BCUT2D eigenvalue weighted by Crippen LogP contribution is -2.49. The molecule has 0 bridgehead atoms. The molecule has 0 spiro atoms. The number of halogens is 5. The standard InChI is InChI=1S/C20H19F5N2O2/c1-2-10-29-13-5-3-4-12(11-13)20(28)27-8-6-26(7-9-27)19-17(24)15(22)14(21)16(23)18(19)25/h3-5,11H,2,6-10H2,1H3. The first-order valence-corrected chi connectivity index (χ1v) is 9.13. The van der Waals surface area contributed by atoms with Gasteiger partial charge in [0.1, 0.15) is 11.4 Å². The van der Waals surface area contributed by atoms with Crippen molar-refractivity contribution in [2.24, 2.45) is 0 Å². The van der Waals surface area contributed by atoms with E-state index in [2.05, 4.69) is 0 Å². The molecule has 1 aliphatic heterocycles. The first-order valence-electron chi connectivity index (χ1n) is 9.13. The van der Waals surface area contributed by atoms with Crippen LogP contribution in [0.3, 0.4) is 0 Å². The van der Waals surface area contributed by atoms with Gasteiger partial charge in [0.15, 0.2) is 23.3 Å². The third-order valence-corrected chi connectivity index (χ3v) is 4.62. The highest BCUT2D eigenvalue weighted by molar-refractivity contribution is 5.94. The zero-order valence-electron chi connectivity index (χ0n) is 15.7. The predicted molar refractivity (Wildman–Crippen MR) is 96.6 cm³/mol. The molecule has 3 rings (SSSR count). The van der Waals surface area contributed by atoms with E-state index in [0.717, 1.165) is 11.3 Å². The molecular weight excluding hydrogens is 395 g/mol. The van der Waals surface area contributed by atoms with Gasteiger partial charge in [-0.3, -0.25) is 4.79 Å². The smallest absolute Gasteiger partial charge is 0.254 e. The summed E-state index contributed by atoms with van der Waals surface area (Å²) in [6.07, 6.45) is 0.817. The fourth-order valence-corrected chi connectivity index (χ4v) is 3.13. The monoisotopic (exact) mass is 414 g/mol. The van der Waals surface area contributed by atoms with E-state index >= 15 is 0 Å². The first kappa shape index (κ1) is 20.9. The minimum Gasteiger partial charge on any atom is -0.494 e. The largest absolute Gasteiger partial charge is 0.494 e. The number of piperazine rings is 1. The molecular formula is C20H19F5N2O2. The topological polar surface area (TPSA) is 32.8 Å². The van der Waals surface area contributed by atoms with Crippen LogP contribution in [0.2, 0.25) is 0 Å². The fraction of sp³-hybridized carbons (Fsp3) is 0.350. The van der Waals surface area contributed by atoms with Gasteiger partial charge in [0.25, 0.3) is 5.91 Å². The summed E-state index contributed by atoms with van der Waals surface area (Å²) in [5.41, 5.74) is -0.577. The van der Waals surface area contributed by atoms with Gasteiger partial charge in [-0.1, -0.05) is 13.0 Å². The van der Waals surface area contributed by atoms with E-state index in [9.17, 15) is 26.7 Å². The van der Waals surface area contributed by atoms with E-state index in [0.29, 0.717) is 17.9 Å². The summed E-state index contributed by atoms with van der Waals surface area (Å²) in [4.78, 5) is 15.2. The molecule has 0 radical (unpaired) electrons. The molecule has 0 aliphatic carbocycles. The SMILES string of the molecule is CCCOc1cccc(C(=O)N2CCN(c3c(F)c(F)c(F)c(F)c3F)CC2)c1. The molecule has 4 nitrogen and oxygen atoms in total. The number of ether oxygens (including phenoxy) is 1. The Bertz CT molecular complexity index is 885. The molecule has 0 atom stereocenters. The van der Waals surface area contributed by atoms with Crippen LogP contribution in [0.15, 0.2) is 24.3 Å². The molecule has 1 fully saturated rings. The van der Waals surface area contributed by atoms with Crippen molar-refractivity contribution < 1.29 is 31.5 Å². The second-order valence-electron chi connectivity index (χ2n) is 6.57. The Morgan fingerprint density at radius 3 is 2.10 bits per heavy atom. The van der Waals surface area contributed by atoms with Crippen LogP contribution in [-0.4, -0.2) is 43.6 Å². The zero-order valence-corrected chi connectivity index (χ0v) is 15.7. The molecule has 1 amide bonds. The van der Waals surface area contributed by atoms with Gasteiger partial charge in [-0.2, -0.15) is 0 Å². The Balaban J connectivity index is 1.72. The molecule has 9 heteroatoms. The van der Waals surface area contributed by atoms with Crippen LogP contribution in [0, 0.1) is 29.1 Å². The molecule has 0 unspecified atom stereocenters. The summed E-state index contributed by atoms with van der Waals surface area (Å²) >= 11 is 0. The summed E-state index contributed by atoms with van der Waals surface area (Å²) in [6, 6.07) is 6.64. The van der Waals surface area contributed by atoms with Crippen molar-refractivity contribution in [3.05, 3.63) is 58.9 Å². The second-order valence-corrected chi connectivity index (χ2v) is 6.57. The van der Waals surface area contributed by atoms with Crippen molar-refractivity contribution in [1.82, 2.24) is 4.90 Å². The number of hydrogen-bond acceptors (Lipinski definition) is 3. The van der Waals surface area contributed by atoms with Crippen LogP contribution in [-0.2, 0) is 0 Å². The van der Waals surface area contributed by atoms with Crippen molar-refractivity contribution in [2.45, 2.75) is 13.3 Å². The predicted octanol–water partition coefficient (Wildman–Crippen LogP) is 4.13. The Labute approximate surface area is 164 Å². The number of hydrogen-bond donors (Lipinski definition) is 0. The van der Waals surface area contributed by atoms with Crippen LogP contribution in [0.1, 0.15) is 23.7 Å². The summed E-state index contributed by atoms with van der Waals surface area (Å²) in [7, 11) is 0. The van der Waals surface area contributed by atoms with Gasteiger partial charge in [0.2, 0.25) is 5.82 Å². The van der Waals surface area contributed by atoms with Gasteiger partial charge >= 0.3 is 0 Å². The lowest BCUT2D eigenvalue weighted by Gasteiger charge is -2.36. The number of nitrogens with zero attached hydrogens (tertiary/aromatic N) is 2. The number of carbonyl (C=O) groups excluding carboxylic acids is 1. The molecule has 2 aromatic carbocycles. The lowest BCUT2D eigenvalue weighted by atomic mass is 10.1. The van der Waals surface area contributed by atoms with Gasteiger partial charge in [-0.25, -0.2) is 22.0 Å². The lowest BCUT2D eigenvalue weighted by molar-refractivity contribution is 0.0746. The average molecular weight is 414 g/mol. The zero-order chi connectivity index (χ0) is 21.1. The molecule has 1 aliphatic rings. The van der Waals surface area contributed by atoms with Crippen molar-refractivity contribution in [3.63, 3.8) is 0 Å². The number of anilines is 1. The fourth-order valence-electron chi connectivity index (χ4n) is 3.13. The molecule has 1 heterocycles. The second kappa shape index (κ2) is 8.67. The molecule has 0 aromatic heterocycles. The van der Waals surface area contributed by atoms with Gasteiger partial charge in [0, 0.05) is 31.7 Å². The van der Waals surface area contributed by atoms with Crippen molar-refractivity contribution in [2.75, 3.05) is 37.7 Å². The number of carbonyl (C=O) groups is 1. The molecule has 1 saturated heterocycles. The molecule has 0 N–H and O–H groups in total. The van der Waals surface area contributed by atoms with Gasteiger partial charge in [-0.15, -0.1) is 0 Å². The summed E-state index contributed by atoms with van der Waals surface area (Å²) < 4.78 is 73.6. The highest BCUT2D eigenvalue weighted by Crippen LogP contribution is 2.31. The average Bonchev–Trinajstić information content (AvgIpc) is 2.75. The maximum absolute atomic E-state index is 14.0.